The average molecular weight is 390 g/mol. The molecule has 0 aliphatic heterocycles. The summed E-state index contributed by atoms with van der Waals surface area (Å²) in [5.41, 5.74) is 0.448. The number of alkyl halides is 3. The van der Waals surface area contributed by atoms with Crippen LogP contribution in [0.3, 0.4) is 0 Å². The molecule has 0 bridgehead atoms. The van der Waals surface area contributed by atoms with Crippen molar-refractivity contribution in [2.75, 3.05) is 5.32 Å². The number of nitrogens with one attached hydrogen (secondary N) is 2. The van der Waals surface area contributed by atoms with Gasteiger partial charge in [-0.25, -0.2) is 4.98 Å². The molecule has 2 aromatic heterocycles. The van der Waals surface area contributed by atoms with Gasteiger partial charge in [-0.2, -0.15) is 23.4 Å². The van der Waals surface area contributed by atoms with Crippen molar-refractivity contribution < 1.29 is 18.0 Å². The number of aromatic amines is 1. The number of H-pyrrole nitrogens is 1. The minimum absolute atomic E-state index is 0.0141. The van der Waals surface area contributed by atoms with Crippen LogP contribution in [0.4, 0.5) is 18.9 Å². The molecule has 0 radical (unpaired) electrons. The van der Waals surface area contributed by atoms with Gasteiger partial charge in [0.25, 0.3) is 5.91 Å². The molecule has 1 aromatic carbocycles. The molecule has 28 heavy (non-hydrogen) atoms. The van der Waals surface area contributed by atoms with Crippen LogP contribution < -0.4 is 5.32 Å². The van der Waals surface area contributed by atoms with Crippen LogP contribution in [0, 0.1) is 6.92 Å². The van der Waals surface area contributed by atoms with Crippen molar-refractivity contribution in [2.45, 2.75) is 31.9 Å². The van der Waals surface area contributed by atoms with Gasteiger partial charge in [0.2, 0.25) is 0 Å². The molecule has 0 spiro atoms. The Morgan fingerprint density at radius 2 is 2.04 bits per heavy atom. The minimum atomic E-state index is -4.58. The highest BCUT2D eigenvalue weighted by Crippen LogP contribution is 2.41. The summed E-state index contributed by atoms with van der Waals surface area (Å²) in [5.74, 6) is 0.376. The Kier molecular flexibility index (Phi) is 4.20. The number of aryl methyl sites for hydroxylation is 2. The van der Waals surface area contributed by atoms with Crippen LogP contribution >= 0.6 is 0 Å². The molecule has 2 N–H and O–H groups in total. The van der Waals surface area contributed by atoms with Crippen molar-refractivity contribution >= 4 is 11.6 Å². The molecular formula is C18H17F3N6O. The van der Waals surface area contributed by atoms with Crippen LogP contribution in [0.5, 0.6) is 0 Å². The molecular weight excluding hydrogens is 373 g/mol. The molecule has 1 aliphatic rings. The van der Waals surface area contributed by atoms with Crippen molar-refractivity contribution in [3.63, 3.8) is 0 Å². The lowest BCUT2D eigenvalue weighted by Crippen LogP contribution is -2.18. The SMILES string of the molecule is Cc1nc(-c2cc(NC(=O)c3c(C4CC4)cnn3C)cc(C(F)(F)F)c2)n[nH]1. The fourth-order valence-corrected chi connectivity index (χ4v) is 3.08. The fraction of sp³-hybridized carbons (Fsp3) is 0.333. The van der Waals surface area contributed by atoms with E-state index in [4.69, 9.17) is 0 Å². The van der Waals surface area contributed by atoms with Crippen molar-refractivity contribution in [1.29, 1.82) is 0 Å². The topological polar surface area (TPSA) is 88.5 Å². The number of hydrogen-bond acceptors (Lipinski definition) is 4. The second-order valence-electron chi connectivity index (χ2n) is 6.84. The first-order chi connectivity index (χ1) is 13.2. The molecule has 1 fully saturated rings. The highest BCUT2D eigenvalue weighted by atomic mass is 19.4. The molecule has 1 amide bonds. The van der Waals surface area contributed by atoms with Crippen LogP contribution in [0.25, 0.3) is 11.4 Å². The van der Waals surface area contributed by atoms with Gasteiger partial charge in [0.15, 0.2) is 5.82 Å². The van der Waals surface area contributed by atoms with Crippen LogP contribution in [0.15, 0.2) is 24.4 Å². The number of carbonyl (C=O) groups is 1. The van der Waals surface area contributed by atoms with Gasteiger partial charge < -0.3 is 5.32 Å². The summed E-state index contributed by atoms with van der Waals surface area (Å²) in [4.78, 5) is 16.8. The normalized spacial score (nSPS) is 14.3. The van der Waals surface area contributed by atoms with E-state index in [1.807, 2.05) is 0 Å². The smallest absolute Gasteiger partial charge is 0.321 e. The summed E-state index contributed by atoms with van der Waals surface area (Å²) < 4.78 is 41.5. The highest BCUT2D eigenvalue weighted by Gasteiger charge is 2.33. The third kappa shape index (κ3) is 3.49. The van der Waals surface area contributed by atoms with Crippen molar-refractivity contribution in [3.8, 4) is 11.4 Å². The van der Waals surface area contributed by atoms with Crippen molar-refractivity contribution in [1.82, 2.24) is 25.0 Å². The number of halogens is 3. The third-order valence-corrected chi connectivity index (χ3v) is 4.57. The molecule has 10 heteroatoms. The summed E-state index contributed by atoms with van der Waals surface area (Å²) in [7, 11) is 1.63. The second-order valence-corrected chi connectivity index (χ2v) is 6.84. The van der Waals surface area contributed by atoms with Gasteiger partial charge in [0.1, 0.15) is 11.5 Å². The zero-order valence-corrected chi connectivity index (χ0v) is 15.1. The fourth-order valence-electron chi connectivity index (χ4n) is 3.08. The van der Waals surface area contributed by atoms with E-state index in [1.54, 1.807) is 20.2 Å². The lowest BCUT2D eigenvalue weighted by Gasteiger charge is -2.13. The quantitative estimate of drug-likeness (QED) is 0.712. The van der Waals surface area contributed by atoms with Crippen molar-refractivity contribution in [2.24, 2.45) is 7.05 Å². The maximum atomic E-state index is 13.3. The van der Waals surface area contributed by atoms with Crippen LogP contribution in [-0.4, -0.2) is 30.9 Å². The predicted molar refractivity (Wildman–Crippen MR) is 94.7 cm³/mol. The van der Waals surface area contributed by atoms with Gasteiger partial charge in [-0.15, -0.1) is 0 Å². The number of aromatic nitrogens is 5. The summed E-state index contributed by atoms with van der Waals surface area (Å²) >= 11 is 0. The Balaban J connectivity index is 1.71. The zero-order chi connectivity index (χ0) is 20.1. The van der Waals surface area contributed by atoms with E-state index >= 15 is 0 Å². The van der Waals surface area contributed by atoms with E-state index in [0.717, 1.165) is 30.5 Å². The van der Waals surface area contributed by atoms with Crippen LogP contribution in [0.2, 0.25) is 0 Å². The van der Waals surface area contributed by atoms with Gasteiger partial charge in [-0.3, -0.25) is 14.6 Å². The molecule has 7 nitrogen and oxygen atoms in total. The summed E-state index contributed by atoms with van der Waals surface area (Å²) in [5, 5.41) is 13.2. The van der Waals surface area contributed by atoms with Gasteiger partial charge in [0.05, 0.1) is 11.8 Å². The van der Waals surface area contributed by atoms with Crippen LogP contribution in [0.1, 0.15) is 46.2 Å². The van der Waals surface area contributed by atoms with E-state index in [-0.39, 0.29) is 23.0 Å². The maximum Gasteiger partial charge on any atom is 0.416 e. The molecule has 0 unspecified atom stereocenters. The molecule has 1 aliphatic carbocycles. The summed E-state index contributed by atoms with van der Waals surface area (Å²) in [6, 6.07) is 3.27. The first-order valence-corrected chi connectivity index (χ1v) is 8.67. The molecule has 1 saturated carbocycles. The average Bonchev–Trinajstić information content (AvgIpc) is 3.25. The Labute approximate surface area is 158 Å². The Morgan fingerprint density at radius 3 is 2.64 bits per heavy atom. The van der Waals surface area contributed by atoms with Crippen LogP contribution in [-0.2, 0) is 13.2 Å². The number of hydrogen-bond donors (Lipinski definition) is 2. The molecule has 0 saturated heterocycles. The molecule has 2 heterocycles. The largest absolute Gasteiger partial charge is 0.416 e. The number of amides is 1. The van der Waals surface area contributed by atoms with Gasteiger partial charge in [0, 0.05) is 23.9 Å². The predicted octanol–water partition coefficient (Wildman–Crippen LogP) is 3.66. The minimum Gasteiger partial charge on any atom is -0.321 e. The maximum absolute atomic E-state index is 13.3. The van der Waals surface area contributed by atoms with Gasteiger partial charge in [-0.1, -0.05) is 0 Å². The first kappa shape index (κ1) is 18.2. The van der Waals surface area contributed by atoms with Crippen molar-refractivity contribution in [3.05, 3.63) is 47.0 Å². The monoisotopic (exact) mass is 390 g/mol. The Morgan fingerprint density at radius 1 is 1.29 bits per heavy atom. The number of anilines is 1. The Bertz CT molecular complexity index is 1050. The number of benzene rings is 1. The summed E-state index contributed by atoms with van der Waals surface area (Å²) in [6.45, 7) is 1.65. The molecule has 4 rings (SSSR count). The number of rotatable bonds is 4. The molecule has 3 aromatic rings. The first-order valence-electron chi connectivity index (χ1n) is 8.67. The van der Waals surface area contributed by atoms with E-state index in [0.29, 0.717) is 11.5 Å². The van der Waals surface area contributed by atoms with Gasteiger partial charge in [-0.05, 0) is 43.9 Å². The Hall–Kier alpha value is -3.17. The van der Waals surface area contributed by atoms with Gasteiger partial charge >= 0.3 is 6.18 Å². The standard InChI is InChI=1S/C18H17F3N6O/c1-9-23-16(26-25-9)11-5-12(18(19,20)21)7-13(6-11)24-17(28)15-14(10-3-4-10)8-22-27(15)2/h5-8,10H,3-4H2,1-2H3,(H,24,28)(H,23,25,26). The van der Waals surface area contributed by atoms with E-state index in [9.17, 15) is 18.0 Å². The lowest BCUT2D eigenvalue weighted by molar-refractivity contribution is -0.137. The lowest BCUT2D eigenvalue weighted by atomic mass is 10.1. The summed E-state index contributed by atoms with van der Waals surface area (Å²) in [6.07, 6.45) is -0.985. The molecule has 0 atom stereocenters. The van der Waals surface area contributed by atoms with E-state index < -0.39 is 17.6 Å². The third-order valence-electron chi connectivity index (χ3n) is 4.57. The zero-order valence-electron chi connectivity index (χ0n) is 15.1. The second kappa shape index (κ2) is 6.47. The number of nitrogens with zero attached hydrogens (tertiary/aromatic N) is 4. The highest BCUT2D eigenvalue weighted by molar-refractivity contribution is 6.04. The molecule has 146 valence electrons. The van der Waals surface area contributed by atoms with E-state index in [1.165, 1.54) is 10.7 Å². The number of carbonyl (C=O) groups excluding carboxylic acids is 1. The van der Waals surface area contributed by atoms with E-state index in [2.05, 4.69) is 25.6 Å².